The molecule has 6 rings (SSSR count). The number of benzene rings is 5. The zero-order valence-corrected chi connectivity index (χ0v) is 29.8. The van der Waals surface area contributed by atoms with Gasteiger partial charge in [0.05, 0.1) is 9.82 Å². The maximum Gasteiger partial charge on any atom is 0.326 e. The Bertz CT molecular complexity index is 2170. The highest BCUT2D eigenvalue weighted by Gasteiger charge is 2.26. The Morgan fingerprint density at radius 3 is 1.91 bits per heavy atom. The molecule has 0 saturated carbocycles. The summed E-state index contributed by atoms with van der Waals surface area (Å²) < 4.78 is 28.3. The van der Waals surface area contributed by atoms with Gasteiger partial charge in [-0.15, -0.1) is 0 Å². The first-order valence-electron chi connectivity index (χ1n) is 16.9. The molecule has 2 N–H and O–H groups in total. The molecule has 1 heterocycles. The third-order valence-corrected chi connectivity index (χ3v) is 10.3. The Balaban J connectivity index is 1.06. The number of rotatable bonds is 11. The van der Waals surface area contributed by atoms with E-state index >= 15 is 0 Å². The van der Waals surface area contributed by atoms with Crippen molar-refractivity contribution in [2.24, 2.45) is 0 Å². The van der Waals surface area contributed by atoms with Crippen LogP contribution in [0.15, 0.2) is 144 Å². The Morgan fingerprint density at radius 1 is 0.774 bits per heavy atom. The summed E-state index contributed by atoms with van der Waals surface area (Å²) in [5.41, 5.74) is 4.23. The van der Waals surface area contributed by atoms with E-state index in [0.717, 1.165) is 56.6 Å². The molecule has 1 saturated heterocycles. The van der Waals surface area contributed by atoms with Crippen LogP contribution in [-0.2, 0) is 10.0 Å². The zero-order valence-electron chi connectivity index (χ0n) is 29.0. The van der Waals surface area contributed by atoms with Gasteiger partial charge in [0, 0.05) is 62.8 Å². The van der Waals surface area contributed by atoms with Gasteiger partial charge in [-0.1, -0.05) is 84.9 Å². The highest BCUT2D eigenvalue weighted by molar-refractivity contribution is 7.90. The van der Waals surface area contributed by atoms with E-state index in [4.69, 9.17) is 0 Å². The van der Waals surface area contributed by atoms with Gasteiger partial charge >= 0.3 is 6.03 Å². The molecule has 0 spiro atoms. The Labute approximate surface area is 308 Å². The number of anilines is 3. The highest BCUT2D eigenvalue weighted by Crippen LogP contribution is 2.29. The molecule has 53 heavy (non-hydrogen) atoms. The smallest absolute Gasteiger partial charge is 0.326 e. The molecule has 0 atom stereocenters. The van der Waals surface area contributed by atoms with Crippen molar-refractivity contribution in [3.05, 3.63) is 166 Å². The number of hydrogen-bond donors (Lipinski definition) is 2. The van der Waals surface area contributed by atoms with Gasteiger partial charge in [-0.05, 0) is 65.2 Å². The van der Waals surface area contributed by atoms with Gasteiger partial charge in [0.1, 0.15) is 5.69 Å². The topological polar surface area (TPSA) is 145 Å². The molecule has 1 aliphatic heterocycles. The summed E-state index contributed by atoms with van der Waals surface area (Å²) in [6.07, 6.45) is 2.28. The number of hydrogen-bond acceptors (Lipinski definition) is 8. The number of nitrogens with one attached hydrogen (secondary N) is 2. The highest BCUT2D eigenvalue weighted by atomic mass is 32.2. The normalized spacial score (nSPS) is 13.1. The van der Waals surface area contributed by atoms with Crippen molar-refractivity contribution >= 4 is 50.3 Å². The van der Waals surface area contributed by atoms with Crippen molar-refractivity contribution in [1.82, 2.24) is 9.62 Å². The van der Waals surface area contributed by atoms with Gasteiger partial charge in [-0.3, -0.25) is 24.7 Å². The lowest BCUT2D eigenvalue weighted by Gasteiger charge is -2.35. The Morgan fingerprint density at radius 2 is 1.34 bits per heavy atom. The Hall–Kier alpha value is -6.31. The number of carbonyl (C=O) groups excluding carboxylic acids is 2. The average molecular weight is 731 g/mol. The van der Waals surface area contributed by atoms with Crippen LogP contribution in [-0.4, -0.2) is 70.0 Å². The van der Waals surface area contributed by atoms with Crippen molar-refractivity contribution in [3.8, 4) is 0 Å². The van der Waals surface area contributed by atoms with E-state index in [2.05, 4.69) is 45.5 Å². The molecule has 1 fully saturated rings. The second-order valence-corrected chi connectivity index (χ2v) is 14.1. The molecule has 270 valence electrons. The van der Waals surface area contributed by atoms with Crippen LogP contribution in [0.4, 0.5) is 27.5 Å². The molecule has 0 aromatic heterocycles. The molecule has 1 aliphatic rings. The lowest BCUT2D eigenvalue weighted by Crippen LogP contribution is -2.46. The second-order valence-electron chi connectivity index (χ2n) is 12.4. The summed E-state index contributed by atoms with van der Waals surface area (Å²) >= 11 is 0. The maximum atomic E-state index is 13.2. The Kier molecular flexibility index (Phi) is 11.3. The molecule has 0 unspecified atom stereocenters. The number of amides is 3. The molecule has 3 amide bonds. The molecule has 12 nitrogen and oxygen atoms in total. The number of urea groups is 1. The lowest BCUT2D eigenvalue weighted by atomic mass is 9.97. The van der Waals surface area contributed by atoms with Gasteiger partial charge in [-0.2, -0.15) is 0 Å². The number of piperazine rings is 1. The van der Waals surface area contributed by atoms with Crippen LogP contribution in [0, 0.1) is 10.1 Å². The van der Waals surface area contributed by atoms with Crippen LogP contribution in [0.25, 0.3) is 5.57 Å². The molecule has 5 aromatic rings. The van der Waals surface area contributed by atoms with Crippen molar-refractivity contribution < 1.29 is 22.9 Å². The minimum Gasteiger partial charge on any atom is -0.369 e. The van der Waals surface area contributed by atoms with E-state index < -0.39 is 37.5 Å². The van der Waals surface area contributed by atoms with E-state index in [9.17, 15) is 28.1 Å². The van der Waals surface area contributed by atoms with Gasteiger partial charge in [0.15, 0.2) is 0 Å². The van der Waals surface area contributed by atoms with E-state index in [0.29, 0.717) is 5.69 Å². The van der Waals surface area contributed by atoms with Crippen LogP contribution in [0.2, 0.25) is 0 Å². The number of nitro groups is 1. The minimum absolute atomic E-state index is 0.109. The van der Waals surface area contributed by atoms with Crippen LogP contribution in [0.3, 0.4) is 0 Å². The van der Waals surface area contributed by atoms with E-state index in [1.807, 2.05) is 41.1 Å². The second kappa shape index (κ2) is 16.4. The third kappa shape index (κ3) is 8.95. The van der Waals surface area contributed by atoms with Crippen molar-refractivity contribution in [1.29, 1.82) is 0 Å². The number of para-hydroxylation sites is 1. The molecular weight excluding hydrogens is 693 g/mol. The SMILES string of the molecule is CN(C(=O)Nc1ccc(S(=O)(=O)NC(=O)c2ccc(N3CCN(CC=C(c4ccccc4)c4ccccc4)CC3)cc2)cc1[N+](=O)[O-])c1ccccc1. The summed E-state index contributed by atoms with van der Waals surface area (Å²) in [6, 6.07) is 38.3. The summed E-state index contributed by atoms with van der Waals surface area (Å²) in [7, 11) is -3.01. The first-order chi connectivity index (χ1) is 25.6. The lowest BCUT2D eigenvalue weighted by molar-refractivity contribution is -0.384. The van der Waals surface area contributed by atoms with Crippen LogP contribution < -0.4 is 19.8 Å². The third-order valence-electron chi connectivity index (χ3n) is 8.98. The first kappa shape index (κ1) is 36.5. The molecule has 0 bridgehead atoms. The van der Waals surface area contributed by atoms with Crippen molar-refractivity contribution in [3.63, 3.8) is 0 Å². The standard InChI is InChI=1S/C40H38N6O6S/c1-43(33-15-9-4-10-16-33)40(48)41-37-22-21-35(29-38(37)46(49)50)53(51,52)42-39(47)32-17-19-34(20-18-32)45-27-25-44(26-28-45)24-23-36(30-11-5-2-6-12-30)31-13-7-3-8-14-31/h2-23,29H,24-28H2,1H3,(H,41,48)(H,42,47). The van der Waals surface area contributed by atoms with E-state index in [1.165, 1.54) is 28.6 Å². The molecular formula is C40H38N6O6S. The van der Waals surface area contributed by atoms with Gasteiger partial charge in [0.2, 0.25) is 0 Å². The summed E-state index contributed by atoms with van der Waals surface area (Å²) in [4.78, 5) is 42.2. The quantitative estimate of drug-likeness (QED) is 0.114. The fraction of sp³-hybridized carbons (Fsp3) is 0.150. The fourth-order valence-corrected chi connectivity index (χ4v) is 7.01. The average Bonchev–Trinajstić information content (AvgIpc) is 3.19. The monoisotopic (exact) mass is 730 g/mol. The molecule has 5 aromatic carbocycles. The summed E-state index contributed by atoms with van der Waals surface area (Å²) in [6.45, 7) is 4.03. The number of nitrogens with zero attached hydrogens (tertiary/aromatic N) is 4. The summed E-state index contributed by atoms with van der Waals surface area (Å²) in [5, 5.41) is 14.3. The van der Waals surface area contributed by atoms with Crippen LogP contribution in [0.5, 0.6) is 0 Å². The zero-order chi connectivity index (χ0) is 37.4. The number of sulfonamides is 1. The van der Waals surface area contributed by atoms with Crippen molar-refractivity contribution in [2.75, 3.05) is 54.9 Å². The number of nitro benzene ring substituents is 1. The van der Waals surface area contributed by atoms with Gasteiger partial charge in [-0.25, -0.2) is 17.9 Å². The van der Waals surface area contributed by atoms with E-state index in [-0.39, 0.29) is 11.3 Å². The predicted molar refractivity (Wildman–Crippen MR) is 207 cm³/mol. The van der Waals surface area contributed by atoms with Gasteiger partial charge < -0.3 is 10.2 Å². The molecule has 0 radical (unpaired) electrons. The largest absolute Gasteiger partial charge is 0.369 e. The van der Waals surface area contributed by atoms with Crippen LogP contribution >= 0.6 is 0 Å². The summed E-state index contributed by atoms with van der Waals surface area (Å²) in [5.74, 6) is -0.884. The fourth-order valence-electron chi connectivity index (χ4n) is 6.01. The predicted octanol–water partition coefficient (Wildman–Crippen LogP) is 6.64. The maximum absolute atomic E-state index is 13.2. The molecule has 0 aliphatic carbocycles. The van der Waals surface area contributed by atoms with E-state index in [1.54, 1.807) is 54.6 Å². The van der Waals surface area contributed by atoms with Crippen LogP contribution in [0.1, 0.15) is 21.5 Å². The first-order valence-corrected chi connectivity index (χ1v) is 18.4. The number of carbonyl (C=O) groups is 2. The minimum atomic E-state index is -4.50. The molecule has 13 heteroatoms. The van der Waals surface area contributed by atoms with Gasteiger partial charge in [0.25, 0.3) is 21.6 Å². The van der Waals surface area contributed by atoms with Crippen molar-refractivity contribution in [2.45, 2.75) is 4.90 Å².